The molecule has 8 heteroatoms. The molecule has 2 N–H and O–H groups in total. The SMILES string of the molecule is CC(NC(=O)N1C(C)SCC1C(=O)O)c1ccc(Cl)s1. The molecular weight excluding hydrogens is 320 g/mol. The number of urea groups is 1. The van der Waals surface area contributed by atoms with Gasteiger partial charge in [0.05, 0.1) is 15.8 Å². The first-order chi connectivity index (χ1) is 9.40. The van der Waals surface area contributed by atoms with Gasteiger partial charge in [0.15, 0.2) is 0 Å². The topological polar surface area (TPSA) is 69.6 Å². The van der Waals surface area contributed by atoms with Gasteiger partial charge in [-0.3, -0.25) is 4.90 Å². The van der Waals surface area contributed by atoms with Gasteiger partial charge in [0.2, 0.25) is 0 Å². The Kier molecular flexibility index (Phi) is 4.82. The summed E-state index contributed by atoms with van der Waals surface area (Å²) >= 11 is 8.73. The van der Waals surface area contributed by atoms with Crippen LogP contribution in [0.25, 0.3) is 0 Å². The highest BCUT2D eigenvalue weighted by molar-refractivity contribution is 8.00. The molecule has 2 rings (SSSR count). The smallest absolute Gasteiger partial charge is 0.327 e. The van der Waals surface area contributed by atoms with Gasteiger partial charge in [-0.25, -0.2) is 9.59 Å². The zero-order valence-electron chi connectivity index (χ0n) is 11.0. The van der Waals surface area contributed by atoms with Gasteiger partial charge < -0.3 is 10.4 Å². The van der Waals surface area contributed by atoms with Crippen molar-refractivity contribution in [3.8, 4) is 0 Å². The fourth-order valence-corrected chi connectivity index (χ4v) is 4.26. The molecule has 1 aromatic heterocycles. The number of amides is 2. The number of carbonyl (C=O) groups is 2. The van der Waals surface area contributed by atoms with Crippen LogP contribution in [0.2, 0.25) is 4.34 Å². The van der Waals surface area contributed by atoms with Crippen LogP contribution < -0.4 is 5.32 Å². The van der Waals surface area contributed by atoms with E-state index in [-0.39, 0.29) is 17.4 Å². The van der Waals surface area contributed by atoms with Crippen molar-refractivity contribution in [1.82, 2.24) is 10.2 Å². The summed E-state index contributed by atoms with van der Waals surface area (Å²) < 4.78 is 0.662. The second kappa shape index (κ2) is 6.24. The third kappa shape index (κ3) is 3.21. The molecule has 0 aliphatic carbocycles. The number of nitrogens with zero attached hydrogens (tertiary/aromatic N) is 1. The summed E-state index contributed by atoms with van der Waals surface area (Å²) in [6.45, 7) is 3.68. The van der Waals surface area contributed by atoms with Crippen molar-refractivity contribution in [1.29, 1.82) is 0 Å². The lowest BCUT2D eigenvalue weighted by molar-refractivity contribution is -0.141. The maximum atomic E-state index is 12.3. The molecule has 20 heavy (non-hydrogen) atoms. The largest absolute Gasteiger partial charge is 0.480 e. The van der Waals surface area contributed by atoms with Crippen LogP contribution in [-0.4, -0.2) is 39.2 Å². The zero-order valence-corrected chi connectivity index (χ0v) is 13.4. The van der Waals surface area contributed by atoms with E-state index in [4.69, 9.17) is 16.7 Å². The molecule has 3 unspecified atom stereocenters. The van der Waals surface area contributed by atoms with Crippen molar-refractivity contribution in [2.75, 3.05) is 5.75 Å². The van der Waals surface area contributed by atoms with Crippen LogP contribution in [-0.2, 0) is 4.79 Å². The van der Waals surface area contributed by atoms with E-state index in [9.17, 15) is 9.59 Å². The van der Waals surface area contributed by atoms with Crippen LogP contribution in [0.5, 0.6) is 0 Å². The minimum atomic E-state index is -0.969. The van der Waals surface area contributed by atoms with Crippen LogP contribution in [0.3, 0.4) is 0 Å². The maximum absolute atomic E-state index is 12.3. The number of halogens is 1. The molecule has 1 aliphatic rings. The molecule has 1 fully saturated rings. The monoisotopic (exact) mass is 334 g/mol. The third-order valence-electron chi connectivity index (χ3n) is 3.10. The number of carboxylic acid groups (broad SMARTS) is 1. The molecule has 1 aliphatic heterocycles. The summed E-state index contributed by atoms with van der Waals surface area (Å²) in [6.07, 6.45) is 0. The lowest BCUT2D eigenvalue weighted by Gasteiger charge is -2.26. The number of carbonyl (C=O) groups excluding carboxylic acids is 1. The molecular formula is C12H15ClN2O3S2. The highest BCUT2D eigenvalue weighted by Crippen LogP contribution is 2.30. The Morgan fingerprint density at radius 2 is 2.25 bits per heavy atom. The van der Waals surface area contributed by atoms with Crippen LogP contribution in [0.4, 0.5) is 4.79 Å². The first-order valence-electron chi connectivity index (χ1n) is 6.08. The van der Waals surface area contributed by atoms with E-state index in [2.05, 4.69) is 5.32 Å². The van der Waals surface area contributed by atoms with Gasteiger partial charge in [0.1, 0.15) is 6.04 Å². The maximum Gasteiger partial charge on any atom is 0.327 e. The number of carboxylic acids is 1. The van der Waals surface area contributed by atoms with Crippen molar-refractivity contribution in [3.05, 3.63) is 21.3 Å². The average Bonchev–Trinajstić information content (AvgIpc) is 2.95. The summed E-state index contributed by atoms with van der Waals surface area (Å²) in [6, 6.07) is 2.31. The molecule has 0 aromatic carbocycles. The molecule has 2 heterocycles. The second-order valence-corrected chi connectivity index (χ2v) is 7.60. The molecule has 0 radical (unpaired) electrons. The number of hydrogen-bond donors (Lipinski definition) is 2. The summed E-state index contributed by atoms with van der Waals surface area (Å²) in [5.74, 6) is -0.549. The van der Waals surface area contributed by atoms with Gasteiger partial charge in [0.25, 0.3) is 0 Å². The molecule has 2 amide bonds. The molecule has 1 aromatic rings. The van der Waals surface area contributed by atoms with E-state index in [1.165, 1.54) is 28.0 Å². The molecule has 0 bridgehead atoms. The highest BCUT2D eigenvalue weighted by atomic mass is 35.5. The first kappa shape index (κ1) is 15.5. The Labute approximate surface area is 130 Å². The predicted octanol–water partition coefficient (Wildman–Crippen LogP) is 3.02. The number of hydrogen-bond acceptors (Lipinski definition) is 4. The van der Waals surface area contributed by atoms with E-state index in [0.29, 0.717) is 10.1 Å². The summed E-state index contributed by atoms with van der Waals surface area (Å²) in [5.41, 5.74) is 0. The summed E-state index contributed by atoms with van der Waals surface area (Å²) in [5, 5.41) is 11.8. The summed E-state index contributed by atoms with van der Waals surface area (Å²) in [4.78, 5) is 25.8. The van der Waals surface area contributed by atoms with Crippen LogP contribution in [0.1, 0.15) is 24.8 Å². The van der Waals surface area contributed by atoms with E-state index in [1.54, 1.807) is 6.07 Å². The molecule has 0 spiro atoms. The predicted molar refractivity (Wildman–Crippen MR) is 81.5 cm³/mol. The second-order valence-electron chi connectivity index (χ2n) is 4.51. The van der Waals surface area contributed by atoms with Crippen molar-refractivity contribution >= 4 is 46.7 Å². The Bertz CT molecular complexity index is 523. The fraction of sp³-hybridized carbons (Fsp3) is 0.500. The van der Waals surface area contributed by atoms with E-state index >= 15 is 0 Å². The summed E-state index contributed by atoms with van der Waals surface area (Å²) in [7, 11) is 0. The molecule has 5 nitrogen and oxygen atoms in total. The highest BCUT2D eigenvalue weighted by Gasteiger charge is 2.39. The van der Waals surface area contributed by atoms with Gasteiger partial charge in [0, 0.05) is 10.6 Å². The van der Waals surface area contributed by atoms with Gasteiger partial charge in [-0.1, -0.05) is 11.6 Å². The average molecular weight is 335 g/mol. The van der Waals surface area contributed by atoms with Crippen LogP contribution in [0, 0.1) is 0 Å². The van der Waals surface area contributed by atoms with Gasteiger partial charge >= 0.3 is 12.0 Å². The standard InChI is InChI=1S/C12H15ClN2O3S2/c1-6(9-3-4-10(13)20-9)14-12(18)15-7(2)19-5-8(15)11(16)17/h3-4,6-8H,5H2,1-2H3,(H,14,18)(H,16,17). The third-order valence-corrected chi connectivity index (χ3v) is 5.73. The van der Waals surface area contributed by atoms with Gasteiger partial charge in [-0.2, -0.15) is 0 Å². The van der Waals surface area contributed by atoms with Crippen molar-refractivity contribution in [3.63, 3.8) is 0 Å². The number of thiophene rings is 1. The molecule has 1 saturated heterocycles. The van der Waals surface area contributed by atoms with E-state index in [0.717, 1.165) is 4.88 Å². The lowest BCUT2D eigenvalue weighted by atomic mass is 10.2. The fourth-order valence-electron chi connectivity index (χ4n) is 2.03. The molecule has 3 atom stereocenters. The quantitative estimate of drug-likeness (QED) is 0.891. The van der Waals surface area contributed by atoms with Crippen molar-refractivity contribution < 1.29 is 14.7 Å². The number of aliphatic carboxylic acids is 1. The van der Waals surface area contributed by atoms with Crippen molar-refractivity contribution in [2.45, 2.75) is 31.3 Å². The lowest BCUT2D eigenvalue weighted by Crippen LogP contribution is -2.49. The van der Waals surface area contributed by atoms with E-state index < -0.39 is 12.0 Å². The van der Waals surface area contributed by atoms with E-state index in [1.807, 2.05) is 19.9 Å². The minimum absolute atomic E-state index is 0.143. The molecule has 0 saturated carbocycles. The van der Waals surface area contributed by atoms with Crippen molar-refractivity contribution in [2.24, 2.45) is 0 Å². The van der Waals surface area contributed by atoms with Gasteiger partial charge in [-0.05, 0) is 26.0 Å². The number of nitrogens with one attached hydrogen (secondary N) is 1. The Morgan fingerprint density at radius 3 is 2.80 bits per heavy atom. The Morgan fingerprint density at radius 1 is 1.55 bits per heavy atom. The Balaban J connectivity index is 2.05. The van der Waals surface area contributed by atoms with Crippen LogP contribution >= 0.6 is 34.7 Å². The number of rotatable bonds is 3. The minimum Gasteiger partial charge on any atom is -0.480 e. The zero-order chi connectivity index (χ0) is 14.9. The first-order valence-corrected chi connectivity index (χ1v) is 8.33. The van der Waals surface area contributed by atoms with Crippen LogP contribution in [0.15, 0.2) is 12.1 Å². The Hall–Kier alpha value is -0.920. The molecule has 110 valence electrons. The van der Waals surface area contributed by atoms with Gasteiger partial charge in [-0.15, -0.1) is 23.1 Å². The normalized spacial score (nSPS) is 23.6. The number of thioether (sulfide) groups is 1.